The van der Waals surface area contributed by atoms with E-state index in [0.29, 0.717) is 19.3 Å². The van der Waals surface area contributed by atoms with Gasteiger partial charge in [0.1, 0.15) is 13.2 Å². The molecule has 0 heterocycles. The van der Waals surface area contributed by atoms with Gasteiger partial charge in [-0.15, -0.1) is 0 Å². The van der Waals surface area contributed by atoms with Crippen LogP contribution in [-0.4, -0.2) is 37.2 Å². The normalized spacial score (nSPS) is 12.7. The lowest BCUT2D eigenvalue weighted by Gasteiger charge is -2.18. The molecule has 0 bridgehead atoms. The molecule has 1 atom stereocenters. The van der Waals surface area contributed by atoms with E-state index >= 15 is 0 Å². The van der Waals surface area contributed by atoms with Crippen LogP contribution in [0.2, 0.25) is 0 Å². The Bertz CT molecular complexity index is 1320. The molecule has 0 spiro atoms. The predicted octanol–water partition coefficient (Wildman–Crippen LogP) is 19.2. The first kappa shape index (κ1) is 64.6. The first-order chi connectivity index (χ1) is 33.5. The molecule has 0 saturated heterocycles. The molecule has 0 fully saturated rings. The second-order valence-electron chi connectivity index (χ2n) is 18.9. The fourth-order valence-corrected chi connectivity index (χ4v) is 7.87. The molecular weight excluding hydrogens is 841 g/mol. The minimum Gasteiger partial charge on any atom is -0.462 e. The molecule has 0 aliphatic heterocycles. The first-order valence-corrected chi connectivity index (χ1v) is 28.6. The van der Waals surface area contributed by atoms with Crippen molar-refractivity contribution < 1.29 is 28.6 Å². The van der Waals surface area contributed by atoms with Crippen molar-refractivity contribution in [2.24, 2.45) is 0 Å². The van der Waals surface area contributed by atoms with Gasteiger partial charge in [-0.25, -0.2) is 0 Å². The molecule has 6 nitrogen and oxygen atoms in total. The molecule has 0 amide bonds. The lowest BCUT2D eigenvalue weighted by molar-refractivity contribution is -0.167. The Kier molecular flexibility index (Phi) is 53.4. The van der Waals surface area contributed by atoms with Crippen LogP contribution in [0.5, 0.6) is 0 Å². The smallest absolute Gasteiger partial charge is 0.306 e. The summed E-state index contributed by atoms with van der Waals surface area (Å²) in [6, 6.07) is 0. The molecule has 0 radical (unpaired) electrons. The highest BCUT2D eigenvalue weighted by molar-refractivity contribution is 5.71. The summed E-state index contributed by atoms with van der Waals surface area (Å²) in [4.78, 5) is 38.1. The number of unbranched alkanes of at least 4 members (excludes halogenated alkanes) is 28. The summed E-state index contributed by atoms with van der Waals surface area (Å²) in [5.41, 5.74) is 0. The number of carbonyl (C=O) groups excluding carboxylic acids is 3. The Balaban J connectivity index is 4.48. The molecule has 68 heavy (non-hydrogen) atoms. The largest absolute Gasteiger partial charge is 0.462 e. The molecule has 390 valence electrons. The van der Waals surface area contributed by atoms with Gasteiger partial charge in [0, 0.05) is 19.3 Å². The Labute approximate surface area is 420 Å². The monoisotopic (exact) mass is 947 g/mol. The topological polar surface area (TPSA) is 78.9 Å². The van der Waals surface area contributed by atoms with Crippen LogP contribution in [0.15, 0.2) is 85.1 Å². The van der Waals surface area contributed by atoms with Gasteiger partial charge >= 0.3 is 17.9 Å². The summed E-state index contributed by atoms with van der Waals surface area (Å²) >= 11 is 0. The summed E-state index contributed by atoms with van der Waals surface area (Å²) in [6.07, 6.45) is 72.9. The molecule has 0 aromatic rings. The van der Waals surface area contributed by atoms with Gasteiger partial charge < -0.3 is 14.2 Å². The van der Waals surface area contributed by atoms with E-state index in [9.17, 15) is 14.4 Å². The molecule has 0 rings (SSSR count). The maximum Gasteiger partial charge on any atom is 0.306 e. The van der Waals surface area contributed by atoms with Crippen molar-refractivity contribution in [1.82, 2.24) is 0 Å². The van der Waals surface area contributed by atoms with Crippen LogP contribution in [0.25, 0.3) is 0 Å². The van der Waals surface area contributed by atoms with Gasteiger partial charge in [-0.1, -0.05) is 241 Å². The van der Waals surface area contributed by atoms with E-state index in [1.807, 2.05) is 0 Å². The summed E-state index contributed by atoms with van der Waals surface area (Å²) in [7, 11) is 0. The SMILES string of the molecule is CC\C=C/C=C\C=C/CCCCCCCCCC(=O)OCC(COC(=O)CCCCCCC/C=C\CCCCCCCCCCC)OC(=O)CCC/C=C\C/C=C\C/C=C\CCCCCCCC. The zero-order chi connectivity index (χ0) is 49.3. The minimum atomic E-state index is -0.812. The average Bonchev–Trinajstić information content (AvgIpc) is 3.34. The van der Waals surface area contributed by atoms with Crippen LogP contribution in [0, 0.1) is 0 Å². The van der Waals surface area contributed by atoms with Crippen molar-refractivity contribution in [2.45, 2.75) is 277 Å². The van der Waals surface area contributed by atoms with Crippen LogP contribution in [0.1, 0.15) is 271 Å². The highest BCUT2D eigenvalue weighted by Crippen LogP contribution is 2.14. The van der Waals surface area contributed by atoms with Crippen LogP contribution in [-0.2, 0) is 28.6 Å². The molecule has 1 unspecified atom stereocenters. The van der Waals surface area contributed by atoms with E-state index in [1.165, 1.54) is 148 Å². The summed E-state index contributed by atoms with van der Waals surface area (Å²) in [5.74, 6) is -0.973. The third-order valence-corrected chi connectivity index (χ3v) is 12.2. The Morgan fingerprint density at radius 2 is 0.647 bits per heavy atom. The van der Waals surface area contributed by atoms with Crippen LogP contribution >= 0.6 is 0 Å². The highest BCUT2D eigenvalue weighted by atomic mass is 16.6. The van der Waals surface area contributed by atoms with Crippen molar-refractivity contribution in [2.75, 3.05) is 13.2 Å². The van der Waals surface area contributed by atoms with Crippen molar-refractivity contribution in [3.63, 3.8) is 0 Å². The van der Waals surface area contributed by atoms with Crippen molar-refractivity contribution in [3.05, 3.63) is 85.1 Å². The van der Waals surface area contributed by atoms with E-state index in [2.05, 4.69) is 106 Å². The molecule has 0 aromatic carbocycles. The van der Waals surface area contributed by atoms with E-state index in [0.717, 1.165) is 77.0 Å². The average molecular weight is 948 g/mol. The minimum absolute atomic E-state index is 0.105. The third kappa shape index (κ3) is 53.5. The quantitative estimate of drug-likeness (QED) is 0.0199. The lowest BCUT2D eigenvalue weighted by Crippen LogP contribution is -2.30. The second kappa shape index (κ2) is 56.2. The number of esters is 3. The van der Waals surface area contributed by atoms with E-state index in [4.69, 9.17) is 14.2 Å². The van der Waals surface area contributed by atoms with Gasteiger partial charge in [0.2, 0.25) is 0 Å². The lowest BCUT2D eigenvalue weighted by atomic mass is 10.1. The Morgan fingerprint density at radius 3 is 1.07 bits per heavy atom. The van der Waals surface area contributed by atoms with Gasteiger partial charge in [0.05, 0.1) is 0 Å². The van der Waals surface area contributed by atoms with Gasteiger partial charge in [-0.3, -0.25) is 14.4 Å². The number of carbonyl (C=O) groups is 3. The van der Waals surface area contributed by atoms with Gasteiger partial charge in [0.15, 0.2) is 6.10 Å². The molecular formula is C62H106O6. The maximum atomic E-state index is 12.8. The molecule has 0 saturated carbocycles. The van der Waals surface area contributed by atoms with Crippen molar-refractivity contribution >= 4 is 17.9 Å². The second-order valence-corrected chi connectivity index (χ2v) is 18.9. The summed E-state index contributed by atoms with van der Waals surface area (Å²) in [6.45, 7) is 6.46. The zero-order valence-corrected chi connectivity index (χ0v) is 44.6. The van der Waals surface area contributed by atoms with E-state index < -0.39 is 6.10 Å². The molecule has 0 N–H and O–H groups in total. The van der Waals surface area contributed by atoms with E-state index in [-0.39, 0.29) is 37.5 Å². The van der Waals surface area contributed by atoms with Crippen LogP contribution < -0.4 is 0 Å². The molecule has 6 heteroatoms. The summed E-state index contributed by atoms with van der Waals surface area (Å²) in [5, 5.41) is 0. The van der Waals surface area contributed by atoms with Gasteiger partial charge in [-0.2, -0.15) is 0 Å². The summed E-state index contributed by atoms with van der Waals surface area (Å²) < 4.78 is 16.8. The number of allylic oxidation sites excluding steroid dienone is 14. The molecule has 0 aliphatic rings. The van der Waals surface area contributed by atoms with Crippen molar-refractivity contribution in [3.8, 4) is 0 Å². The van der Waals surface area contributed by atoms with Crippen LogP contribution in [0.3, 0.4) is 0 Å². The maximum absolute atomic E-state index is 12.8. The third-order valence-electron chi connectivity index (χ3n) is 12.2. The fourth-order valence-electron chi connectivity index (χ4n) is 7.87. The first-order valence-electron chi connectivity index (χ1n) is 28.6. The Hall–Kier alpha value is -3.41. The molecule has 0 aliphatic carbocycles. The standard InChI is InChI=1S/C62H106O6/c1-4-7-10-13-16-19-22-25-28-30-32-34-37-40-43-46-49-52-55-61(64)67-58-59(57-66-60(63)54-51-48-45-42-39-36-33-27-24-21-18-15-12-9-6-3)68-62(65)56-53-50-47-44-41-38-35-31-29-26-23-20-17-14-11-8-5-2/h9,12,15,18,21,24,26,29,32,34-35,38,44,47,59H,4-8,10-11,13-14,16-17,19-20,22-23,25,27-28,30-31,33,36-37,39-43,45-46,48-58H2,1-3H3/b12-9-,18-15-,24-21-,29-26-,34-32-,38-35-,47-44-. The number of rotatable bonds is 51. The molecule has 0 aromatic heterocycles. The van der Waals surface area contributed by atoms with Crippen molar-refractivity contribution in [1.29, 1.82) is 0 Å². The van der Waals surface area contributed by atoms with E-state index in [1.54, 1.807) is 0 Å². The predicted molar refractivity (Wildman–Crippen MR) is 293 cm³/mol. The fraction of sp³-hybridized carbons (Fsp3) is 0.726. The number of ether oxygens (including phenoxy) is 3. The highest BCUT2D eigenvalue weighted by Gasteiger charge is 2.19. The van der Waals surface area contributed by atoms with Crippen LogP contribution in [0.4, 0.5) is 0 Å². The number of hydrogen-bond acceptors (Lipinski definition) is 6. The number of hydrogen-bond donors (Lipinski definition) is 0. The van der Waals surface area contributed by atoms with Gasteiger partial charge in [-0.05, 0) is 96.3 Å². The Morgan fingerprint density at radius 1 is 0.324 bits per heavy atom. The van der Waals surface area contributed by atoms with Gasteiger partial charge in [0.25, 0.3) is 0 Å². The zero-order valence-electron chi connectivity index (χ0n) is 44.6.